The Labute approximate surface area is 164 Å². The van der Waals surface area contributed by atoms with E-state index in [1.807, 2.05) is 0 Å². The second-order valence-electron chi connectivity index (χ2n) is 8.17. The highest BCUT2D eigenvalue weighted by atomic mass is 79.9. The maximum absolute atomic E-state index is 13.0. The van der Waals surface area contributed by atoms with E-state index in [1.54, 1.807) is 0 Å². The van der Waals surface area contributed by atoms with Crippen LogP contribution < -0.4 is 5.32 Å². The Morgan fingerprint density at radius 2 is 1.73 bits per heavy atom. The number of benzene rings is 1. The van der Waals surface area contributed by atoms with E-state index in [0.717, 1.165) is 40.7 Å². The number of fused-ring (bicyclic) bond motifs is 1. The Morgan fingerprint density at radius 1 is 1.04 bits per heavy atom. The van der Waals surface area contributed by atoms with Crippen molar-refractivity contribution in [3.05, 3.63) is 34.4 Å². The monoisotopic (exact) mass is 416 g/mol. The topological polar surface area (TPSA) is 34.0 Å². The highest BCUT2D eigenvalue weighted by Crippen LogP contribution is 2.30. The average molecular weight is 417 g/mol. The van der Waals surface area contributed by atoms with Gasteiger partial charge in [0.05, 0.1) is 5.56 Å². The zero-order valence-corrected chi connectivity index (χ0v) is 17.1. The zero-order valence-electron chi connectivity index (χ0n) is 15.5. The molecule has 1 heterocycles. The lowest BCUT2D eigenvalue weighted by molar-refractivity contribution is 0.0929. The van der Waals surface area contributed by atoms with Crippen molar-refractivity contribution in [3.8, 4) is 0 Å². The molecule has 4 heteroatoms. The van der Waals surface area contributed by atoms with E-state index in [0.29, 0.717) is 6.04 Å². The van der Waals surface area contributed by atoms with Crippen LogP contribution in [0.3, 0.4) is 0 Å². The molecule has 3 nitrogen and oxygen atoms in total. The van der Waals surface area contributed by atoms with Crippen molar-refractivity contribution in [3.63, 3.8) is 0 Å². The van der Waals surface area contributed by atoms with Crippen molar-refractivity contribution in [1.82, 2.24) is 9.88 Å². The van der Waals surface area contributed by atoms with Gasteiger partial charge in [-0.2, -0.15) is 0 Å². The van der Waals surface area contributed by atoms with E-state index in [1.165, 1.54) is 56.9 Å². The van der Waals surface area contributed by atoms with Crippen molar-refractivity contribution >= 4 is 32.7 Å². The van der Waals surface area contributed by atoms with E-state index >= 15 is 0 Å². The van der Waals surface area contributed by atoms with Crippen molar-refractivity contribution in [1.29, 1.82) is 0 Å². The number of rotatable bonds is 4. The lowest BCUT2D eigenvalue weighted by atomic mass is 9.89. The summed E-state index contributed by atoms with van der Waals surface area (Å²) in [4.78, 5) is 13.0. The van der Waals surface area contributed by atoms with Gasteiger partial charge in [0.1, 0.15) is 0 Å². The third-order valence-electron chi connectivity index (χ3n) is 6.21. The van der Waals surface area contributed by atoms with Crippen LogP contribution in [-0.2, 0) is 6.54 Å². The lowest BCUT2D eigenvalue weighted by Gasteiger charge is -2.23. The largest absolute Gasteiger partial charge is 0.349 e. The molecule has 26 heavy (non-hydrogen) atoms. The average Bonchev–Trinajstić information content (AvgIpc) is 3.01. The minimum atomic E-state index is 0.0994. The first-order valence-electron chi connectivity index (χ1n) is 10.3. The molecule has 1 N–H and O–H groups in total. The van der Waals surface area contributed by atoms with Crippen LogP contribution in [-0.4, -0.2) is 16.5 Å². The maximum atomic E-state index is 13.0. The summed E-state index contributed by atoms with van der Waals surface area (Å²) in [7, 11) is 0. The third-order valence-corrected chi connectivity index (χ3v) is 6.70. The van der Waals surface area contributed by atoms with Crippen LogP contribution in [0.5, 0.6) is 0 Å². The maximum Gasteiger partial charge on any atom is 0.253 e. The second kappa shape index (κ2) is 8.16. The summed E-state index contributed by atoms with van der Waals surface area (Å²) in [6.45, 7) is 1.04. The van der Waals surface area contributed by atoms with Crippen LogP contribution in [0.2, 0.25) is 0 Å². The number of amides is 1. The number of hydrogen-bond acceptors (Lipinski definition) is 1. The Balaban J connectivity index is 1.60. The molecule has 2 saturated carbocycles. The Hall–Kier alpha value is -1.29. The molecular formula is C22H29BrN2O. The molecule has 2 aromatic rings. The van der Waals surface area contributed by atoms with E-state index < -0.39 is 0 Å². The molecule has 140 valence electrons. The first-order chi connectivity index (χ1) is 12.7. The molecule has 1 amide bonds. The van der Waals surface area contributed by atoms with Gasteiger partial charge in [0.25, 0.3) is 5.91 Å². The van der Waals surface area contributed by atoms with Gasteiger partial charge in [-0.05, 0) is 49.8 Å². The van der Waals surface area contributed by atoms with Crippen LogP contribution in [0.25, 0.3) is 10.9 Å². The summed E-state index contributed by atoms with van der Waals surface area (Å²) in [5.74, 6) is 0.847. The lowest BCUT2D eigenvalue weighted by Crippen LogP contribution is -2.36. The fraction of sp³-hybridized carbons (Fsp3) is 0.591. The van der Waals surface area contributed by atoms with Crippen LogP contribution in [0.4, 0.5) is 0 Å². The standard InChI is InChI=1S/C22H29BrN2O/c23-17-11-12-21-19(13-17)20(22(26)24-18-9-5-2-6-10-18)15-25(21)14-16-7-3-1-4-8-16/h11-13,15-16,18H,1-10,14H2,(H,24,26). The SMILES string of the molecule is O=C(NC1CCCCC1)c1cn(CC2CCCCC2)c2ccc(Br)cc12. The number of aromatic nitrogens is 1. The van der Waals surface area contributed by atoms with Gasteiger partial charge >= 0.3 is 0 Å². The molecule has 1 aromatic heterocycles. The van der Waals surface area contributed by atoms with Crippen molar-refractivity contribution in [2.24, 2.45) is 5.92 Å². The molecule has 0 saturated heterocycles. The van der Waals surface area contributed by atoms with Gasteiger partial charge in [-0.15, -0.1) is 0 Å². The number of nitrogens with zero attached hydrogens (tertiary/aromatic N) is 1. The van der Waals surface area contributed by atoms with E-state index in [-0.39, 0.29) is 5.91 Å². The quantitative estimate of drug-likeness (QED) is 0.646. The third kappa shape index (κ3) is 4.00. The predicted octanol–water partition coefficient (Wildman–Crippen LogP) is 6.05. The molecule has 0 radical (unpaired) electrons. The summed E-state index contributed by atoms with van der Waals surface area (Å²) in [6, 6.07) is 6.69. The highest BCUT2D eigenvalue weighted by molar-refractivity contribution is 9.10. The minimum Gasteiger partial charge on any atom is -0.349 e. The summed E-state index contributed by atoms with van der Waals surface area (Å²) < 4.78 is 3.36. The Morgan fingerprint density at radius 3 is 2.46 bits per heavy atom. The van der Waals surface area contributed by atoms with E-state index in [2.05, 4.69) is 50.2 Å². The van der Waals surface area contributed by atoms with Gasteiger partial charge in [0, 0.05) is 34.2 Å². The van der Waals surface area contributed by atoms with Crippen LogP contribution in [0.15, 0.2) is 28.9 Å². The zero-order chi connectivity index (χ0) is 17.9. The summed E-state index contributed by atoms with van der Waals surface area (Å²) >= 11 is 3.58. The number of carbonyl (C=O) groups is 1. The molecule has 2 aliphatic carbocycles. The minimum absolute atomic E-state index is 0.0994. The van der Waals surface area contributed by atoms with Crippen molar-refractivity contribution < 1.29 is 4.79 Å². The molecule has 2 aliphatic rings. The molecule has 1 aromatic carbocycles. The summed E-state index contributed by atoms with van der Waals surface area (Å²) in [5, 5.41) is 4.37. The molecule has 0 spiro atoms. The van der Waals surface area contributed by atoms with Gasteiger partial charge in [-0.1, -0.05) is 54.5 Å². The summed E-state index contributed by atoms with van der Waals surface area (Å²) in [6.07, 6.45) is 14.8. The molecule has 2 fully saturated rings. The number of hydrogen-bond donors (Lipinski definition) is 1. The van der Waals surface area contributed by atoms with Gasteiger partial charge < -0.3 is 9.88 Å². The molecule has 0 atom stereocenters. The van der Waals surface area contributed by atoms with E-state index in [4.69, 9.17) is 0 Å². The van der Waals surface area contributed by atoms with Gasteiger partial charge in [0.15, 0.2) is 0 Å². The fourth-order valence-corrected chi connectivity index (χ4v) is 5.12. The highest BCUT2D eigenvalue weighted by Gasteiger charge is 2.22. The fourth-order valence-electron chi connectivity index (χ4n) is 4.76. The summed E-state index contributed by atoms with van der Waals surface area (Å²) in [5.41, 5.74) is 2.02. The molecule has 0 unspecified atom stereocenters. The molecule has 0 bridgehead atoms. The van der Waals surface area contributed by atoms with Crippen LogP contribution in [0.1, 0.15) is 74.6 Å². The van der Waals surface area contributed by atoms with Gasteiger partial charge in [-0.3, -0.25) is 4.79 Å². The Kier molecular flexibility index (Phi) is 5.68. The van der Waals surface area contributed by atoms with Crippen molar-refractivity contribution in [2.75, 3.05) is 0 Å². The number of carbonyl (C=O) groups excluding carboxylic acids is 1. The van der Waals surface area contributed by atoms with E-state index in [9.17, 15) is 4.79 Å². The molecule has 0 aliphatic heterocycles. The molecule has 4 rings (SSSR count). The van der Waals surface area contributed by atoms with Crippen LogP contribution in [0, 0.1) is 5.92 Å². The first-order valence-corrected chi connectivity index (χ1v) is 11.1. The normalized spacial score (nSPS) is 19.7. The number of halogens is 1. The number of nitrogens with one attached hydrogen (secondary N) is 1. The molecular weight excluding hydrogens is 388 g/mol. The van der Waals surface area contributed by atoms with Gasteiger partial charge in [0.2, 0.25) is 0 Å². The Bertz CT molecular complexity index is 770. The van der Waals surface area contributed by atoms with Crippen LogP contribution >= 0.6 is 15.9 Å². The first kappa shape index (κ1) is 18.1. The predicted molar refractivity (Wildman–Crippen MR) is 111 cm³/mol. The smallest absolute Gasteiger partial charge is 0.253 e. The second-order valence-corrected chi connectivity index (χ2v) is 9.08. The van der Waals surface area contributed by atoms with Gasteiger partial charge in [-0.25, -0.2) is 0 Å². The van der Waals surface area contributed by atoms with Crippen molar-refractivity contribution in [2.45, 2.75) is 76.8 Å².